The van der Waals surface area contributed by atoms with Gasteiger partial charge < -0.3 is 0 Å². The molecule has 0 spiro atoms. The van der Waals surface area contributed by atoms with Gasteiger partial charge in [0, 0.05) is 17.9 Å². The van der Waals surface area contributed by atoms with E-state index in [2.05, 4.69) is 0 Å². The summed E-state index contributed by atoms with van der Waals surface area (Å²) >= 11 is 11.2. The molecule has 0 fully saturated rings. The van der Waals surface area contributed by atoms with Crippen molar-refractivity contribution >= 4 is 39.2 Å². The number of hydrogen-bond acceptors (Lipinski definition) is 1. The number of hydrogen-bond donors (Lipinski definition) is 0. The standard InChI is InChI=1S/C16H13Cl2F5OS/c1-10-6-11(2-4-14(10)17)7-13(24)8-12-3-5-15(18)16(9-12)25(19,20,21,22)23/h2-6,9H,7-8H2,1H3. The van der Waals surface area contributed by atoms with Crippen LogP contribution in [0.5, 0.6) is 0 Å². The molecule has 0 radical (unpaired) electrons. The minimum Gasteiger partial charge on any atom is -0.299 e. The van der Waals surface area contributed by atoms with Crippen LogP contribution in [-0.4, -0.2) is 5.78 Å². The first kappa shape index (κ1) is 20.0. The highest BCUT2D eigenvalue weighted by molar-refractivity contribution is 8.45. The molecule has 0 aliphatic carbocycles. The molecule has 0 aliphatic rings. The van der Waals surface area contributed by atoms with Crippen molar-refractivity contribution in [1.29, 1.82) is 0 Å². The first-order valence-electron chi connectivity index (χ1n) is 6.95. The molecule has 2 aromatic rings. The van der Waals surface area contributed by atoms with Gasteiger partial charge in [-0.15, -0.1) is 0 Å². The molecule has 0 saturated heterocycles. The van der Waals surface area contributed by atoms with Gasteiger partial charge in [0.15, 0.2) is 0 Å². The number of aryl methyl sites for hydroxylation is 1. The summed E-state index contributed by atoms with van der Waals surface area (Å²) in [5.74, 6) is -0.419. The molecule has 2 rings (SSSR count). The second kappa shape index (κ2) is 5.86. The van der Waals surface area contributed by atoms with Crippen LogP contribution >= 0.6 is 33.4 Å². The van der Waals surface area contributed by atoms with Crippen LogP contribution in [0.3, 0.4) is 0 Å². The molecule has 0 unspecified atom stereocenters. The first-order valence-corrected chi connectivity index (χ1v) is 9.66. The molecule has 0 amide bonds. The third kappa shape index (κ3) is 5.33. The molecular weight excluding hydrogens is 406 g/mol. The van der Waals surface area contributed by atoms with Gasteiger partial charge in [-0.2, -0.15) is 0 Å². The molecule has 0 aromatic heterocycles. The molecule has 1 nitrogen and oxygen atoms in total. The fourth-order valence-corrected chi connectivity index (χ4v) is 3.77. The maximum absolute atomic E-state index is 13.0. The van der Waals surface area contributed by atoms with Crippen LogP contribution < -0.4 is 0 Å². The van der Waals surface area contributed by atoms with Crippen LogP contribution in [0.1, 0.15) is 16.7 Å². The Morgan fingerprint density at radius 1 is 0.880 bits per heavy atom. The number of carbonyl (C=O) groups excluding carboxylic acids is 1. The van der Waals surface area contributed by atoms with E-state index in [1.54, 1.807) is 25.1 Å². The Labute approximate surface area is 151 Å². The Kier molecular flexibility index (Phi) is 4.69. The van der Waals surface area contributed by atoms with Crippen LogP contribution in [0.4, 0.5) is 19.4 Å². The molecule has 2 aromatic carbocycles. The summed E-state index contributed by atoms with van der Waals surface area (Å²) in [5, 5.41) is -0.571. The average molecular weight is 419 g/mol. The van der Waals surface area contributed by atoms with E-state index in [4.69, 9.17) is 23.2 Å². The number of benzene rings is 2. The Morgan fingerprint density at radius 2 is 1.36 bits per heavy atom. The quantitative estimate of drug-likeness (QED) is 0.465. The second-order valence-corrected chi connectivity index (χ2v) is 8.90. The monoisotopic (exact) mass is 418 g/mol. The molecule has 0 atom stereocenters. The number of ketones is 1. The lowest BCUT2D eigenvalue weighted by Gasteiger charge is -2.41. The van der Waals surface area contributed by atoms with Crippen molar-refractivity contribution < 1.29 is 24.2 Å². The number of halogens is 7. The lowest BCUT2D eigenvalue weighted by molar-refractivity contribution is -0.117. The molecule has 9 heteroatoms. The summed E-state index contributed by atoms with van der Waals surface area (Å²) in [5.41, 5.74) is 1.21. The predicted octanol–water partition coefficient (Wildman–Crippen LogP) is 7.31. The number of rotatable bonds is 5. The van der Waals surface area contributed by atoms with Gasteiger partial charge in [-0.1, -0.05) is 60.8 Å². The Hall–Kier alpha value is -1.31. The smallest absolute Gasteiger partial charge is 0.299 e. The van der Waals surface area contributed by atoms with Gasteiger partial charge in [-0.25, -0.2) is 0 Å². The first-order chi connectivity index (χ1) is 11.2. The largest absolute Gasteiger partial charge is 0.311 e. The predicted molar refractivity (Wildman–Crippen MR) is 91.5 cm³/mol. The van der Waals surface area contributed by atoms with Gasteiger partial charge in [0.2, 0.25) is 0 Å². The highest BCUT2D eigenvalue weighted by Gasteiger charge is 2.66. The molecule has 0 saturated carbocycles. The minimum absolute atomic E-state index is 0.0492. The van der Waals surface area contributed by atoms with E-state index in [1.807, 2.05) is 0 Å². The van der Waals surface area contributed by atoms with Crippen molar-refractivity contribution in [2.45, 2.75) is 24.7 Å². The SMILES string of the molecule is Cc1cc(CC(=O)Cc2ccc(Cl)c(S(F)(F)(F)(F)F)c2)ccc1Cl. The summed E-state index contributed by atoms with van der Waals surface area (Å²) < 4.78 is 64.9. The zero-order valence-corrected chi connectivity index (χ0v) is 15.2. The summed E-state index contributed by atoms with van der Waals surface area (Å²) in [6.07, 6.45) is -0.466. The van der Waals surface area contributed by atoms with Crippen molar-refractivity contribution in [2.75, 3.05) is 0 Å². The Bertz CT molecular complexity index is 850. The van der Waals surface area contributed by atoms with Crippen molar-refractivity contribution in [2.24, 2.45) is 0 Å². The molecule has 0 bridgehead atoms. The molecule has 0 N–H and O–H groups in total. The van der Waals surface area contributed by atoms with E-state index in [0.717, 1.165) is 17.7 Å². The molecule has 138 valence electrons. The lowest BCUT2D eigenvalue weighted by atomic mass is 10.0. The molecule has 25 heavy (non-hydrogen) atoms. The minimum atomic E-state index is -9.92. The van der Waals surface area contributed by atoms with Gasteiger partial charge in [0.1, 0.15) is 10.7 Å². The highest BCUT2D eigenvalue weighted by Crippen LogP contribution is 3.02. The third-order valence-corrected chi connectivity index (χ3v) is 5.47. The van der Waals surface area contributed by atoms with E-state index < -0.39 is 32.3 Å². The topological polar surface area (TPSA) is 17.1 Å². The zero-order chi connectivity index (χ0) is 19.1. The normalized spacial score (nSPS) is 14.7. The van der Waals surface area contributed by atoms with Crippen molar-refractivity contribution in [1.82, 2.24) is 0 Å². The van der Waals surface area contributed by atoms with E-state index in [0.29, 0.717) is 10.6 Å². The van der Waals surface area contributed by atoms with Crippen LogP contribution in [-0.2, 0) is 17.6 Å². The molecule has 0 aliphatic heterocycles. The fourth-order valence-electron chi connectivity index (χ4n) is 2.29. The molecular formula is C16H13Cl2F5OS. The van der Waals surface area contributed by atoms with Crippen LogP contribution in [0.25, 0.3) is 0 Å². The van der Waals surface area contributed by atoms with E-state index in [1.165, 1.54) is 0 Å². The van der Waals surface area contributed by atoms with Gasteiger partial charge in [-0.05, 0) is 41.8 Å². The van der Waals surface area contributed by atoms with Crippen LogP contribution in [0.2, 0.25) is 10.0 Å². The highest BCUT2D eigenvalue weighted by atomic mass is 35.5. The molecule has 0 heterocycles. The summed E-state index contributed by atoms with van der Waals surface area (Å²) in [6, 6.07) is 7.00. The Morgan fingerprint density at radius 3 is 1.84 bits per heavy atom. The zero-order valence-electron chi connectivity index (χ0n) is 12.8. The average Bonchev–Trinajstić information content (AvgIpc) is 2.42. The maximum atomic E-state index is 13.0. The fraction of sp³-hybridized carbons (Fsp3) is 0.188. The van der Waals surface area contributed by atoms with E-state index in [-0.39, 0.29) is 18.1 Å². The maximum Gasteiger partial charge on any atom is 0.311 e. The lowest BCUT2D eigenvalue weighted by Crippen LogP contribution is -2.10. The van der Waals surface area contributed by atoms with Crippen LogP contribution in [0.15, 0.2) is 41.3 Å². The second-order valence-electron chi connectivity index (χ2n) is 5.71. The summed E-state index contributed by atoms with van der Waals surface area (Å²) in [6.45, 7) is 1.75. The van der Waals surface area contributed by atoms with Gasteiger partial charge in [0.05, 0.1) is 5.02 Å². The van der Waals surface area contributed by atoms with Crippen molar-refractivity contribution in [3.05, 3.63) is 63.1 Å². The van der Waals surface area contributed by atoms with E-state index >= 15 is 0 Å². The van der Waals surface area contributed by atoms with Gasteiger partial charge >= 0.3 is 10.2 Å². The summed E-state index contributed by atoms with van der Waals surface area (Å²) in [7, 11) is -9.92. The third-order valence-electron chi connectivity index (χ3n) is 3.44. The van der Waals surface area contributed by atoms with Crippen LogP contribution in [0, 0.1) is 6.92 Å². The number of carbonyl (C=O) groups is 1. The van der Waals surface area contributed by atoms with Crippen molar-refractivity contribution in [3.63, 3.8) is 0 Å². The van der Waals surface area contributed by atoms with Crippen molar-refractivity contribution in [3.8, 4) is 0 Å². The number of Topliss-reactive ketones (excluding diaryl/α,β-unsaturated/α-hetero) is 1. The van der Waals surface area contributed by atoms with E-state index in [9.17, 15) is 24.2 Å². The summed E-state index contributed by atoms with van der Waals surface area (Å²) in [4.78, 5) is 9.89. The van der Waals surface area contributed by atoms with Gasteiger partial charge in [0.25, 0.3) is 0 Å². The van der Waals surface area contributed by atoms with Gasteiger partial charge in [-0.3, -0.25) is 4.79 Å². The Balaban J connectivity index is 2.23.